The summed E-state index contributed by atoms with van der Waals surface area (Å²) in [6.45, 7) is 1.79. The molecule has 3 aliphatic rings. The first kappa shape index (κ1) is 13.5. The van der Waals surface area contributed by atoms with E-state index >= 15 is 0 Å². The molecule has 20 heavy (non-hydrogen) atoms. The van der Waals surface area contributed by atoms with Crippen LogP contribution in [0.2, 0.25) is 0 Å². The molecular weight excluding hydrogens is 276 g/mol. The largest absolute Gasteiger partial charge is 0.458 e. The van der Waals surface area contributed by atoms with Gasteiger partial charge in [0.25, 0.3) is 5.91 Å². The molecule has 1 amide bonds. The summed E-state index contributed by atoms with van der Waals surface area (Å²) in [5, 5.41) is 0.637. The summed E-state index contributed by atoms with van der Waals surface area (Å²) in [7, 11) is 0. The lowest BCUT2D eigenvalue weighted by atomic mass is 9.97. The number of ether oxygens (including phenoxy) is 1. The fraction of sp³-hybridized carbons (Fsp3) is 0.571. The van der Waals surface area contributed by atoms with Gasteiger partial charge in [-0.2, -0.15) is 0 Å². The molecule has 0 radical (unpaired) electrons. The Morgan fingerprint density at radius 3 is 2.80 bits per heavy atom. The molecule has 0 N–H and O–H groups in total. The lowest BCUT2D eigenvalue weighted by Gasteiger charge is -2.22. The van der Waals surface area contributed by atoms with Gasteiger partial charge in [-0.05, 0) is 38.2 Å². The number of nitrogens with zero attached hydrogens (tertiary/aromatic N) is 2. The number of aliphatic imine (C=N–C) groups is 2. The SMILES string of the molecule is CC1=C(C(=O)OC2CCCCC2)SC2=NC=NC(=O)C21. The monoisotopic (exact) mass is 292 g/mol. The van der Waals surface area contributed by atoms with E-state index in [9.17, 15) is 9.59 Å². The van der Waals surface area contributed by atoms with Crippen molar-refractivity contribution in [1.82, 2.24) is 0 Å². The Labute approximate surface area is 121 Å². The topological polar surface area (TPSA) is 68.1 Å². The van der Waals surface area contributed by atoms with E-state index in [4.69, 9.17) is 4.74 Å². The predicted molar refractivity (Wildman–Crippen MR) is 77.7 cm³/mol. The summed E-state index contributed by atoms with van der Waals surface area (Å²) >= 11 is 1.25. The van der Waals surface area contributed by atoms with Gasteiger partial charge >= 0.3 is 5.97 Å². The number of hydrogen-bond acceptors (Lipinski definition) is 5. The third kappa shape index (κ3) is 2.44. The number of esters is 1. The number of thioether (sulfide) groups is 1. The van der Waals surface area contributed by atoms with Gasteiger partial charge in [0.05, 0.1) is 9.95 Å². The van der Waals surface area contributed by atoms with Crippen LogP contribution in [0.5, 0.6) is 0 Å². The van der Waals surface area contributed by atoms with Crippen molar-refractivity contribution in [1.29, 1.82) is 0 Å². The Bertz CT molecular complexity index is 545. The summed E-state index contributed by atoms with van der Waals surface area (Å²) in [6.07, 6.45) is 6.60. The van der Waals surface area contributed by atoms with Crippen LogP contribution in [-0.4, -0.2) is 29.4 Å². The van der Waals surface area contributed by atoms with Crippen LogP contribution in [0, 0.1) is 5.92 Å². The van der Waals surface area contributed by atoms with Crippen molar-refractivity contribution in [3.8, 4) is 0 Å². The third-order valence-corrected chi connectivity index (χ3v) is 5.12. The zero-order valence-corrected chi connectivity index (χ0v) is 12.1. The fourth-order valence-corrected chi connectivity index (χ4v) is 3.87. The first-order chi connectivity index (χ1) is 9.66. The van der Waals surface area contributed by atoms with Crippen LogP contribution in [0.3, 0.4) is 0 Å². The molecule has 2 heterocycles. The molecule has 1 atom stereocenters. The molecule has 0 aromatic rings. The Morgan fingerprint density at radius 1 is 1.35 bits per heavy atom. The highest BCUT2D eigenvalue weighted by Crippen LogP contribution is 2.40. The van der Waals surface area contributed by atoms with Crippen molar-refractivity contribution in [2.75, 3.05) is 0 Å². The molecule has 1 unspecified atom stereocenters. The Morgan fingerprint density at radius 2 is 2.10 bits per heavy atom. The van der Waals surface area contributed by atoms with Gasteiger partial charge in [0.1, 0.15) is 18.4 Å². The minimum absolute atomic E-state index is 0.0219. The van der Waals surface area contributed by atoms with Crippen LogP contribution in [0.1, 0.15) is 39.0 Å². The van der Waals surface area contributed by atoms with E-state index in [-0.39, 0.29) is 18.0 Å². The third-order valence-electron chi connectivity index (χ3n) is 3.87. The number of carbonyl (C=O) groups is 2. The van der Waals surface area contributed by atoms with Crippen LogP contribution >= 0.6 is 11.8 Å². The first-order valence-electron chi connectivity index (χ1n) is 6.90. The first-order valence-corrected chi connectivity index (χ1v) is 7.72. The van der Waals surface area contributed by atoms with Crippen molar-refractivity contribution in [3.63, 3.8) is 0 Å². The quantitative estimate of drug-likeness (QED) is 0.733. The molecule has 1 fully saturated rings. The number of fused-ring (bicyclic) bond motifs is 1. The maximum Gasteiger partial charge on any atom is 0.345 e. The Kier molecular flexibility index (Phi) is 3.74. The molecule has 0 aromatic carbocycles. The van der Waals surface area contributed by atoms with Gasteiger partial charge in [0.15, 0.2) is 0 Å². The van der Waals surface area contributed by atoms with Gasteiger partial charge in [-0.3, -0.25) is 4.79 Å². The number of amides is 1. The van der Waals surface area contributed by atoms with E-state index in [1.807, 2.05) is 0 Å². The lowest BCUT2D eigenvalue weighted by Crippen LogP contribution is -2.22. The average molecular weight is 292 g/mol. The predicted octanol–water partition coefficient (Wildman–Crippen LogP) is 2.47. The highest BCUT2D eigenvalue weighted by molar-refractivity contribution is 8.18. The van der Waals surface area contributed by atoms with Crippen LogP contribution < -0.4 is 0 Å². The van der Waals surface area contributed by atoms with E-state index in [0.717, 1.165) is 31.3 Å². The molecule has 1 saturated carbocycles. The zero-order chi connectivity index (χ0) is 14.1. The van der Waals surface area contributed by atoms with Crippen molar-refractivity contribution >= 4 is 35.0 Å². The van der Waals surface area contributed by atoms with Gasteiger partial charge in [-0.25, -0.2) is 14.8 Å². The number of rotatable bonds is 2. The summed E-state index contributed by atoms with van der Waals surface area (Å²) in [5.41, 5.74) is 0.719. The molecule has 3 rings (SSSR count). The van der Waals surface area contributed by atoms with Crippen molar-refractivity contribution in [2.24, 2.45) is 15.9 Å². The van der Waals surface area contributed by atoms with Crippen molar-refractivity contribution in [2.45, 2.75) is 45.1 Å². The van der Waals surface area contributed by atoms with E-state index in [2.05, 4.69) is 9.98 Å². The summed E-state index contributed by atoms with van der Waals surface area (Å²) < 4.78 is 5.56. The highest BCUT2D eigenvalue weighted by atomic mass is 32.2. The van der Waals surface area contributed by atoms with E-state index in [1.54, 1.807) is 6.92 Å². The second-order valence-corrected chi connectivity index (χ2v) is 6.29. The van der Waals surface area contributed by atoms with Gasteiger partial charge in [0.2, 0.25) is 0 Å². The smallest absolute Gasteiger partial charge is 0.345 e. The molecule has 106 valence electrons. The average Bonchev–Trinajstić information content (AvgIpc) is 2.79. The van der Waals surface area contributed by atoms with Crippen molar-refractivity contribution in [3.05, 3.63) is 10.5 Å². The highest BCUT2D eigenvalue weighted by Gasteiger charge is 2.40. The summed E-state index contributed by atoms with van der Waals surface area (Å²) in [4.78, 5) is 32.3. The molecule has 2 aliphatic heterocycles. The Hall–Kier alpha value is -1.43. The van der Waals surface area contributed by atoms with Crippen LogP contribution in [0.15, 0.2) is 20.5 Å². The van der Waals surface area contributed by atoms with Gasteiger partial charge < -0.3 is 4.74 Å². The fourth-order valence-electron chi connectivity index (χ4n) is 2.76. The molecular formula is C14H16N2O3S. The van der Waals surface area contributed by atoms with Gasteiger partial charge in [-0.15, -0.1) is 0 Å². The Balaban J connectivity index is 1.73. The van der Waals surface area contributed by atoms with Gasteiger partial charge in [0, 0.05) is 0 Å². The molecule has 0 bridgehead atoms. The standard InChI is InChI=1S/C14H16N2O3S/c1-8-10-12(17)15-7-16-13(10)20-11(8)14(18)19-9-5-3-2-4-6-9/h7,9-10H,2-6H2,1H3. The second-order valence-electron chi connectivity index (χ2n) is 5.26. The summed E-state index contributed by atoms with van der Waals surface area (Å²) in [5.74, 6) is -1.04. The molecule has 0 spiro atoms. The lowest BCUT2D eigenvalue weighted by molar-refractivity contribution is -0.144. The molecule has 5 nitrogen and oxygen atoms in total. The van der Waals surface area contributed by atoms with E-state index in [0.29, 0.717) is 9.95 Å². The second kappa shape index (κ2) is 5.52. The maximum absolute atomic E-state index is 12.3. The number of hydrogen-bond donors (Lipinski definition) is 0. The minimum atomic E-state index is -0.473. The molecule has 6 heteroatoms. The summed E-state index contributed by atoms with van der Waals surface area (Å²) in [6, 6.07) is 0. The maximum atomic E-state index is 12.3. The van der Waals surface area contributed by atoms with Crippen molar-refractivity contribution < 1.29 is 14.3 Å². The number of carbonyl (C=O) groups excluding carboxylic acids is 2. The minimum Gasteiger partial charge on any atom is -0.458 e. The van der Waals surface area contributed by atoms with Crippen LogP contribution in [0.25, 0.3) is 0 Å². The normalized spacial score (nSPS) is 26.6. The zero-order valence-electron chi connectivity index (χ0n) is 11.3. The van der Waals surface area contributed by atoms with Gasteiger partial charge in [-0.1, -0.05) is 18.2 Å². The van der Waals surface area contributed by atoms with Crippen LogP contribution in [-0.2, 0) is 14.3 Å². The van der Waals surface area contributed by atoms with E-state index in [1.165, 1.54) is 24.5 Å². The molecule has 1 aliphatic carbocycles. The van der Waals surface area contributed by atoms with E-state index < -0.39 is 5.92 Å². The van der Waals surface area contributed by atoms with Crippen LogP contribution in [0.4, 0.5) is 0 Å². The molecule has 0 saturated heterocycles. The molecule has 0 aromatic heterocycles.